The smallest absolute Gasteiger partial charge is 0.258 e. The standard InChI is InChI=1S/C24H27N5O.C23H25N5O2/c1-3-10-27-11-8-18(9-12-27)19-4-7-23-26-21(13-24(30)29(23)16-19)20-5-6-22-25-17(2)14-28(22)15-20;1-26-21-4-2-17(12-19(21)14-24-26)20-13-23(30)28-15-18(3-5-22(28)25-20)16-6-8-27(9-7-16)10-11-29/h4-7,13-16,18H,3,8-12H2,1-2H3;2-5,12-16,29H,6-11H2,1H3. The molecule has 60 heavy (non-hydrogen) atoms. The number of aliphatic hydroxyl groups is 1. The monoisotopic (exact) mass is 804 g/mol. The number of imidazole rings is 1. The summed E-state index contributed by atoms with van der Waals surface area (Å²) in [6.07, 6.45) is 15.3. The van der Waals surface area contributed by atoms with Gasteiger partial charge in [-0.3, -0.25) is 23.1 Å². The van der Waals surface area contributed by atoms with Crippen LogP contribution in [0, 0.1) is 6.92 Å². The predicted molar refractivity (Wildman–Crippen MR) is 236 cm³/mol. The maximum absolute atomic E-state index is 12.9. The van der Waals surface area contributed by atoms with Crippen molar-refractivity contribution in [1.29, 1.82) is 0 Å². The van der Waals surface area contributed by atoms with E-state index in [-0.39, 0.29) is 17.7 Å². The number of rotatable bonds is 8. The van der Waals surface area contributed by atoms with Crippen molar-refractivity contribution in [2.75, 3.05) is 45.9 Å². The van der Waals surface area contributed by atoms with Crippen molar-refractivity contribution in [3.63, 3.8) is 0 Å². The molecule has 0 spiro atoms. The molecule has 0 saturated carbocycles. The maximum Gasteiger partial charge on any atom is 0.258 e. The molecule has 0 atom stereocenters. The molecular formula is C47H52N10O3. The Labute approximate surface area is 348 Å². The Morgan fingerprint density at radius 1 is 0.650 bits per heavy atom. The van der Waals surface area contributed by atoms with Gasteiger partial charge in [-0.2, -0.15) is 5.10 Å². The van der Waals surface area contributed by atoms with Crippen LogP contribution in [-0.4, -0.2) is 98.7 Å². The molecule has 10 rings (SSSR count). The SMILES string of the molecule is CCCN1CCC(c2ccc3nc(-c4ccc5nc(C)cn5c4)cc(=O)n3c2)CC1.Cn1ncc2cc(-c3cc(=O)n4cc(C5CCN(CCO)CC5)ccc4n3)ccc21. The summed E-state index contributed by atoms with van der Waals surface area (Å²) in [5, 5.41) is 14.4. The molecule has 2 aliphatic heterocycles. The van der Waals surface area contributed by atoms with Crippen molar-refractivity contribution < 1.29 is 5.11 Å². The van der Waals surface area contributed by atoms with Gasteiger partial charge in [0.1, 0.15) is 16.9 Å². The van der Waals surface area contributed by atoms with Gasteiger partial charge in [-0.15, -0.1) is 0 Å². The van der Waals surface area contributed by atoms with Crippen LogP contribution in [0.1, 0.15) is 67.7 Å². The fourth-order valence-corrected chi connectivity index (χ4v) is 9.05. The molecule has 0 bridgehead atoms. The Morgan fingerprint density at radius 2 is 1.22 bits per heavy atom. The number of hydrogen-bond donors (Lipinski definition) is 1. The normalized spacial score (nSPS) is 15.9. The number of likely N-dealkylation sites (tertiary alicyclic amines) is 2. The van der Waals surface area contributed by atoms with Crippen LogP contribution in [0.3, 0.4) is 0 Å². The van der Waals surface area contributed by atoms with Gasteiger partial charge in [0, 0.05) is 67.0 Å². The minimum absolute atomic E-state index is 0.0397. The molecule has 1 aromatic carbocycles. The molecule has 0 radical (unpaired) electrons. The summed E-state index contributed by atoms with van der Waals surface area (Å²) in [7, 11) is 1.91. The van der Waals surface area contributed by atoms with Crippen LogP contribution in [0.2, 0.25) is 0 Å². The van der Waals surface area contributed by atoms with Gasteiger partial charge in [-0.05, 0) is 131 Å². The number of piperidine rings is 2. The number of β-amino-alcohol motifs (C(OH)–C–C–N with tert-alkyl or cyclic N) is 1. The van der Waals surface area contributed by atoms with Crippen molar-refractivity contribution in [3.8, 4) is 22.5 Å². The Balaban J connectivity index is 0.000000154. The number of aromatic nitrogens is 8. The molecule has 13 heteroatoms. The number of nitrogens with zero attached hydrogens (tertiary/aromatic N) is 10. The van der Waals surface area contributed by atoms with E-state index in [9.17, 15) is 9.59 Å². The van der Waals surface area contributed by atoms with E-state index < -0.39 is 0 Å². The van der Waals surface area contributed by atoms with Crippen molar-refractivity contribution in [2.45, 2.75) is 57.8 Å². The topological polar surface area (TPSA) is 131 Å². The second-order valence-corrected chi connectivity index (χ2v) is 16.4. The molecule has 0 unspecified atom stereocenters. The summed E-state index contributed by atoms with van der Waals surface area (Å²) in [4.78, 5) is 44.6. The van der Waals surface area contributed by atoms with Crippen LogP contribution < -0.4 is 11.1 Å². The van der Waals surface area contributed by atoms with Gasteiger partial charge < -0.3 is 19.3 Å². The third-order valence-corrected chi connectivity index (χ3v) is 12.3. The molecular weight excluding hydrogens is 753 g/mol. The molecule has 13 nitrogen and oxygen atoms in total. The molecule has 2 saturated heterocycles. The van der Waals surface area contributed by atoms with Gasteiger partial charge >= 0.3 is 0 Å². The number of pyridine rings is 3. The van der Waals surface area contributed by atoms with Gasteiger partial charge in [0.2, 0.25) is 0 Å². The number of aliphatic hydroxyl groups excluding tert-OH is 1. The lowest BCUT2D eigenvalue weighted by Crippen LogP contribution is -2.35. The van der Waals surface area contributed by atoms with Crippen LogP contribution in [0.4, 0.5) is 0 Å². The van der Waals surface area contributed by atoms with Crippen LogP contribution in [0.15, 0.2) is 107 Å². The van der Waals surface area contributed by atoms with E-state index in [4.69, 9.17) is 15.1 Å². The summed E-state index contributed by atoms with van der Waals surface area (Å²) in [6.45, 7) is 10.6. The van der Waals surface area contributed by atoms with Crippen molar-refractivity contribution in [2.24, 2.45) is 7.05 Å². The summed E-state index contributed by atoms with van der Waals surface area (Å²) >= 11 is 0. The second kappa shape index (κ2) is 16.9. The first-order chi connectivity index (χ1) is 29.2. The number of fused-ring (bicyclic) bond motifs is 4. The first-order valence-corrected chi connectivity index (χ1v) is 21.2. The third kappa shape index (κ3) is 8.12. The zero-order valence-electron chi connectivity index (χ0n) is 34.6. The van der Waals surface area contributed by atoms with Crippen LogP contribution in [-0.2, 0) is 7.05 Å². The molecule has 8 aromatic rings. The number of benzene rings is 1. The quantitative estimate of drug-likeness (QED) is 0.187. The number of aryl methyl sites for hydroxylation is 2. The Bertz CT molecular complexity index is 2800. The molecule has 2 fully saturated rings. The van der Waals surface area contributed by atoms with Crippen molar-refractivity contribution in [3.05, 3.63) is 135 Å². The fourth-order valence-electron chi connectivity index (χ4n) is 9.05. The second-order valence-electron chi connectivity index (χ2n) is 16.4. The molecule has 0 aliphatic carbocycles. The highest BCUT2D eigenvalue weighted by molar-refractivity contribution is 5.84. The summed E-state index contributed by atoms with van der Waals surface area (Å²) in [6, 6.07) is 21.4. The van der Waals surface area contributed by atoms with Crippen molar-refractivity contribution >= 4 is 27.8 Å². The van der Waals surface area contributed by atoms with Gasteiger partial charge in [-0.1, -0.05) is 25.1 Å². The predicted octanol–water partition coefficient (Wildman–Crippen LogP) is 6.33. The summed E-state index contributed by atoms with van der Waals surface area (Å²) in [5.41, 5.74) is 9.75. The van der Waals surface area contributed by atoms with Crippen LogP contribution in [0.5, 0.6) is 0 Å². The molecule has 308 valence electrons. The Morgan fingerprint density at radius 3 is 1.82 bits per heavy atom. The maximum atomic E-state index is 12.9. The zero-order chi connectivity index (χ0) is 41.3. The average Bonchev–Trinajstić information content (AvgIpc) is 3.84. The van der Waals surface area contributed by atoms with Crippen LogP contribution >= 0.6 is 0 Å². The molecule has 0 amide bonds. The first kappa shape index (κ1) is 39.4. The first-order valence-electron chi connectivity index (χ1n) is 21.2. The molecule has 1 N–H and O–H groups in total. The third-order valence-electron chi connectivity index (χ3n) is 12.3. The van der Waals surface area contributed by atoms with E-state index in [1.54, 1.807) is 20.9 Å². The fraction of sp³-hybridized carbons (Fsp3) is 0.362. The molecule has 9 heterocycles. The largest absolute Gasteiger partial charge is 0.395 e. The van der Waals surface area contributed by atoms with E-state index in [2.05, 4.69) is 38.9 Å². The van der Waals surface area contributed by atoms with Gasteiger partial charge in [-0.25, -0.2) is 15.0 Å². The molecule has 7 aromatic heterocycles. The van der Waals surface area contributed by atoms with E-state index in [0.717, 1.165) is 91.8 Å². The van der Waals surface area contributed by atoms with E-state index in [1.807, 2.05) is 96.5 Å². The average molecular weight is 805 g/mol. The Hall–Kier alpha value is -6.02. The summed E-state index contributed by atoms with van der Waals surface area (Å²) in [5.74, 6) is 0.949. The van der Waals surface area contributed by atoms with E-state index >= 15 is 0 Å². The van der Waals surface area contributed by atoms with Crippen molar-refractivity contribution in [1.82, 2.24) is 47.7 Å². The highest BCUT2D eigenvalue weighted by Crippen LogP contribution is 2.30. The minimum Gasteiger partial charge on any atom is -0.395 e. The van der Waals surface area contributed by atoms with E-state index in [0.29, 0.717) is 34.5 Å². The number of hydrogen-bond acceptors (Lipinski definition) is 9. The van der Waals surface area contributed by atoms with Crippen LogP contribution in [0.25, 0.3) is 50.4 Å². The lowest BCUT2D eigenvalue weighted by Gasteiger charge is -2.31. The lowest BCUT2D eigenvalue weighted by molar-refractivity contribution is 0.164. The highest BCUT2D eigenvalue weighted by atomic mass is 16.3. The Kier molecular flexibility index (Phi) is 11.1. The highest BCUT2D eigenvalue weighted by Gasteiger charge is 2.22. The van der Waals surface area contributed by atoms with Gasteiger partial charge in [0.05, 0.1) is 35.4 Å². The van der Waals surface area contributed by atoms with Gasteiger partial charge in [0.25, 0.3) is 11.1 Å². The minimum atomic E-state index is -0.0687. The van der Waals surface area contributed by atoms with E-state index in [1.165, 1.54) is 24.1 Å². The summed E-state index contributed by atoms with van der Waals surface area (Å²) < 4.78 is 7.15. The lowest BCUT2D eigenvalue weighted by atomic mass is 9.90. The zero-order valence-corrected chi connectivity index (χ0v) is 34.6. The molecule has 2 aliphatic rings. The van der Waals surface area contributed by atoms with Gasteiger partial charge in [0.15, 0.2) is 0 Å².